The summed E-state index contributed by atoms with van der Waals surface area (Å²) in [6.45, 7) is 0. The van der Waals surface area contributed by atoms with Crippen LogP contribution in [0.5, 0.6) is 0 Å². The molecule has 0 unspecified atom stereocenters. The Morgan fingerprint density at radius 3 is 2.68 bits per heavy atom. The predicted octanol–water partition coefficient (Wildman–Crippen LogP) is 4.21. The van der Waals surface area contributed by atoms with Gasteiger partial charge in [0.1, 0.15) is 6.07 Å². The lowest BCUT2D eigenvalue weighted by Crippen LogP contribution is -2.09. The van der Waals surface area contributed by atoms with Gasteiger partial charge in [0.25, 0.3) is 0 Å². The van der Waals surface area contributed by atoms with E-state index in [-0.39, 0.29) is 12.0 Å². The van der Waals surface area contributed by atoms with Crippen LogP contribution in [-0.2, 0) is 6.42 Å². The molecule has 0 bridgehead atoms. The number of alkyl halides is 3. The molecule has 0 saturated carbocycles. The van der Waals surface area contributed by atoms with Crippen LogP contribution in [0.2, 0.25) is 0 Å². The zero-order chi connectivity index (χ0) is 14.0. The fourth-order valence-electron chi connectivity index (χ4n) is 1.85. The summed E-state index contributed by atoms with van der Waals surface area (Å²) in [6, 6.07) is 7.24. The molecule has 1 aromatic carbocycles. The standard InChI is InChI=1S/C13H8F3IN2/c14-13(15,16)4-3-10-8(6-18)7-19-12-2-1-9(17)5-11(10)12/h1-2,5,7H,3-4H2. The molecular formula is C13H8F3IN2. The second kappa shape index (κ2) is 5.33. The average molecular weight is 376 g/mol. The molecule has 6 heteroatoms. The number of fused-ring (bicyclic) bond motifs is 1. The van der Waals surface area contributed by atoms with E-state index in [1.807, 2.05) is 12.1 Å². The van der Waals surface area contributed by atoms with Crippen molar-refractivity contribution in [2.75, 3.05) is 0 Å². The van der Waals surface area contributed by atoms with Gasteiger partial charge in [-0.25, -0.2) is 0 Å². The van der Waals surface area contributed by atoms with Gasteiger partial charge in [0.15, 0.2) is 0 Å². The Kier molecular flexibility index (Phi) is 3.94. The third-order valence-electron chi connectivity index (χ3n) is 2.72. The second-order valence-corrected chi connectivity index (χ2v) is 5.28. The van der Waals surface area contributed by atoms with Gasteiger partial charge >= 0.3 is 6.18 Å². The first-order valence-electron chi connectivity index (χ1n) is 5.45. The molecule has 0 amide bonds. The van der Waals surface area contributed by atoms with Gasteiger partial charge in [-0.2, -0.15) is 18.4 Å². The lowest BCUT2D eigenvalue weighted by Gasteiger charge is -2.10. The van der Waals surface area contributed by atoms with Crippen molar-refractivity contribution in [1.82, 2.24) is 4.98 Å². The van der Waals surface area contributed by atoms with Gasteiger partial charge in [-0.15, -0.1) is 0 Å². The van der Waals surface area contributed by atoms with Crippen molar-refractivity contribution in [3.63, 3.8) is 0 Å². The topological polar surface area (TPSA) is 36.7 Å². The highest BCUT2D eigenvalue weighted by molar-refractivity contribution is 14.1. The Bertz CT molecular complexity index is 659. The number of hydrogen-bond donors (Lipinski definition) is 0. The maximum Gasteiger partial charge on any atom is 0.389 e. The molecule has 2 rings (SSSR count). The fourth-order valence-corrected chi connectivity index (χ4v) is 2.34. The van der Waals surface area contributed by atoms with E-state index in [0.717, 1.165) is 3.57 Å². The molecule has 0 aliphatic heterocycles. The third kappa shape index (κ3) is 3.35. The van der Waals surface area contributed by atoms with Crippen LogP contribution in [-0.4, -0.2) is 11.2 Å². The molecule has 1 aromatic heterocycles. The molecule has 2 aromatic rings. The van der Waals surface area contributed by atoms with Crippen LogP contribution in [0.3, 0.4) is 0 Å². The molecule has 0 N–H and O–H groups in total. The third-order valence-corrected chi connectivity index (χ3v) is 3.39. The number of aryl methyl sites for hydroxylation is 1. The van der Waals surface area contributed by atoms with Crippen LogP contribution >= 0.6 is 22.6 Å². The highest BCUT2D eigenvalue weighted by Crippen LogP contribution is 2.28. The molecule has 2 nitrogen and oxygen atoms in total. The van der Waals surface area contributed by atoms with E-state index >= 15 is 0 Å². The van der Waals surface area contributed by atoms with Crippen molar-refractivity contribution in [2.24, 2.45) is 0 Å². The minimum atomic E-state index is -4.23. The van der Waals surface area contributed by atoms with Crippen LogP contribution < -0.4 is 0 Å². The SMILES string of the molecule is N#Cc1cnc2ccc(I)cc2c1CCC(F)(F)F. The first kappa shape index (κ1) is 14.1. The summed E-state index contributed by atoms with van der Waals surface area (Å²) in [5, 5.41) is 9.62. The molecule has 98 valence electrons. The number of rotatable bonds is 2. The number of halogens is 4. The molecule has 0 atom stereocenters. The van der Waals surface area contributed by atoms with Gasteiger partial charge in [0.05, 0.1) is 11.1 Å². The summed E-state index contributed by atoms with van der Waals surface area (Å²) in [4.78, 5) is 4.09. The maximum atomic E-state index is 12.4. The normalized spacial score (nSPS) is 11.5. The van der Waals surface area contributed by atoms with E-state index < -0.39 is 12.6 Å². The second-order valence-electron chi connectivity index (χ2n) is 4.04. The molecule has 19 heavy (non-hydrogen) atoms. The number of aromatic nitrogens is 1. The van der Waals surface area contributed by atoms with E-state index in [0.29, 0.717) is 16.5 Å². The highest BCUT2D eigenvalue weighted by atomic mass is 127. The zero-order valence-corrected chi connectivity index (χ0v) is 11.8. The molecule has 0 saturated heterocycles. The summed E-state index contributed by atoms with van der Waals surface area (Å²) >= 11 is 2.08. The van der Waals surface area contributed by atoms with Gasteiger partial charge in [0, 0.05) is 21.6 Å². The van der Waals surface area contributed by atoms with Crippen molar-refractivity contribution >= 4 is 33.5 Å². The minimum absolute atomic E-state index is 0.203. The highest BCUT2D eigenvalue weighted by Gasteiger charge is 2.27. The quantitative estimate of drug-likeness (QED) is 0.737. The van der Waals surface area contributed by atoms with Crippen LogP contribution in [0.1, 0.15) is 17.5 Å². The molecule has 1 heterocycles. The van der Waals surface area contributed by atoms with Crippen molar-refractivity contribution in [2.45, 2.75) is 19.0 Å². The number of hydrogen-bond acceptors (Lipinski definition) is 2. The molecule has 0 radical (unpaired) electrons. The Morgan fingerprint density at radius 2 is 2.05 bits per heavy atom. The van der Waals surface area contributed by atoms with Crippen molar-refractivity contribution < 1.29 is 13.2 Å². The van der Waals surface area contributed by atoms with Crippen LogP contribution in [0.4, 0.5) is 13.2 Å². The minimum Gasteiger partial charge on any atom is -0.255 e. The summed E-state index contributed by atoms with van der Waals surface area (Å²) < 4.78 is 38.0. The first-order chi connectivity index (χ1) is 8.90. The zero-order valence-electron chi connectivity index (χ0n) is 9.63. The summed E-state index contributed by atoms with van der Waals surface area (Å²) in [5.41, 5.74) is 1.23. The number of nitrogens with zero attached hydrogens (tertiary/aromatic N) is 2. The molecule has 0 fully saturated rings. The summed E-state index contributed by atoms with van der Waals surface area (Å²) in [6.07, 6.45) is -4.04. The maximum absolute atomic E-state index is 12.4. The van der Waals surface area contributed by atoms with Crippen LogP contribution in [0, 0.1) is 14.9 Å². The van der Waals surface area contributed by atoms with Gasteiger partial charge in [-0.1, -0.05) is 0 Å². The van der Waals surface area contributed by atoms with E-state index in [9.17, 15) is 13.2 Å². The summed E-state index contributed by atoms with van der Waals surface area (Å²) in [7, 11) is 0. The lowest BCUT2D eigenvalue weighted by molar-refractivity contribution is -0.133. The van der Waals surface area contributed by atoms with Crippen molar-refractivity contribution in [3.8, 4) is 6.07 Å². The Morgan fingerprint density at radius 1 is 1.32 bits per heavy atom. The van der Waals surface area contributed by atoms with Crippen LogP contribution in [0.25, 0.3) is 10.9 Å². The van der Waals surface area contributed by atoms with Crippen molar-refractivity contribution in [1.29, 1.82) is 5.26 Å². The van der Waals surface area contributed by atoms with Gasteiger partial charge in [-0.3, -0.25) is 4.98 Å². The molecule has 0 aliphatic rings. The smallest absolute Gasteiger partial charge is 0.255 e. The first-order valence-corrected chi connectivity index (χ1v) is 6.52. The van der Waals surface area contributed by atoms with Crippen molar-refractivity contribution in [3.05, 3.63) is 39.1 Å². The van der Waals surface area contributed by atoms with E-state index in [1.165, 1.54) is 6.20 Å². The molecule has 0 aliphatic carbocycles. The van der Waals surface area contributed by atoms with E-state index in [2.05, 4.69) is 27.6 Å². The Balaban J connectivity index is 2.54. The number of benzene rings is 1. The van der Waals surface area contributed by atoms with Crippen LogP contribution in [0.15, 0.2) is 24.4 Å². The largest absolute Gasteiger partial charge is 0.389 e. The fraction of sp³-hybridized carbons (Fsp3) is 0.231. The van der Waals surface area contributed by atoms with E-state index in [4.69, 9.17) is 5.26 Å². The lowest BCUT2D eigenvalue weighted by atomic mass is 10.00. The number of nitriles is 1. The Hall–Kier alpha value is -1.36. The van der Waals surface area contributed by atoms with Gasteiger partial charge in [0.2, 0.25) is 0 Å². The Labute approximate surface area is 121 Å². The monoisotopic (exact) mass is 376 g/mol. The number of pyridine rings is 1. The summed E-state index contributed by atoms with van der Waals surface area (Å²) in [5.74, 6) is 0. The average Bonchev–Trinajstić information content (AvgIpc) is 2.34. The molecular weight excluding hydrogens is 368 g/mol. The van der Waals surface area contributed by atoms with E-state index in [1.54, 1.807) is 12.1 Å². The van der Waals surface area contributed by atoms with Gasteiger partial charge < -0.3 is 0 Å². The van der Waals surface area contributed by atoms with Gasteiger partial charge in [-0.05, 0) is 52.8 Å². The molecule has 0 spiro atoms. The predicted molar refractivity (Wildman–Crippen MR) is 73.6 cm³/mol.